The Morgan fingerprint density at radius 3 is 1.14 bits per heavy atom. The summed E-state index contributed by atoms with van der Waals surface area (Å²) in [5.74, 6) is 0.632. The summed E-state index contributed by atoms with van der Waals surface area (Å²) in [7, 11) is 0. The summed E-state index contributed by atoms with van der Waals surface area (Å²) in [6.45, 7) is 1.24. The van der Waals surface area contributed by atoms with Crippen molar-refractivity contribution in [3.05, 3.63) is 24.3 Å². The lowest BCUT2D eigenvalue weighted by molar-refractivity contribution is -0.286. The zero-order chi connectivity index (χ0) is 30.5. The van der Waals surface area contributed by atoms with Gasteiger partial charge in [-0.25, -0.2) is 0 Å². The van der Waals surface area contributed by atoms with E-state index in [-0.39, 0.29) is 25.9 Å². The van der Waals surface area contributed by atoms with Gasteiger partial charge in [0.15, 0.2) is 12.6 Å². The van der Waals surface area contributed by atoms with Crippen LogP contribution in [-0.2, 0) is 14.2 Å². The monoisotopic (exact) mass is 611 g/mol. The standard InChI is InChI=1S/C38H68F2O3/c39-31-23-19-15-11-7-3-1-5-9-13-17-21-27-35-29-25-33-41-37(35)43-38-36(30-26-34-42-38)28-22-18-14-10-6-2-4-8-12-16-20-24-32-40/h21-22,27-28,35-38H,1-20,23-26,29-34H2/b27-21-,28-22-. The van der Waals surface area contributed by atoms with Gasteiger partial charge in [-0.15, -0.1) is 0 Å². The molecule has 43 heavy (non-hydrogen) atoms. The molecule has 2 aliphatic rings. The molecule has 2 heterocycles. The van der Waals surface area contributed by atoms with Crippen molar-refractivity contribution in [2.24, 2.45) is 11.8 Å². The second-order valence-electron chi connectivity index (χ2n) is 13.1. The highest BCUT2D eigenvalue weighted by atomic mass is 19.1. The third-order valence-corrected chi connectivity index (χ3v) is 9.17. The van der Waals surface area contributed by atoms with Crippen LogP contribution in [0.5, 0.6) is 0 Å². The minimum atomic E-state index is -0.197. The molecule has 2 rings (SSSR count). The predicted octanol–water partition coefficient (Wildman–Crippen LogP) is 12.1. The summed E-state index contributed by atoms with van der Waals surface area (Å²) < 4.78 is 43.0. The number of halogens is 2. The molecule has 252 valence electrons. The summed E-state index contributed by atoms with van der Waals surface area (Å²) >= 11 is 0. The number of alkyl halides is 2. The lowest BCUT2D eigenvalue weighted by Crippen LogP contribution is -2.40. The van der Waals surface area contributed by atoms with Crippen molar-refractivity contribution in [2.75, 3.05) is 26.6 Å². The maximum absolute atomic E-state index is 12.1. The zero-order valence-electron chi connectivity index (χ0n) is 27.8. The first-order chi connectivity index (χ1) is 21.3. The smallest absolute Gasteiger partial charge is 0.166 e. The molecular formula is C38H68F2O3. The van der Waals surface area contributed by atoms with Crippen LogP contribution in [0.3, 0.4) is 0 Å². The number of unbranched alkanes of at least 4 members (excludes halogenated alkanes) is 20. The first-order valence-electron chi connectivity index (χ1n) is 18.7. The van der Waals surface area contributed by atoms with Gasteiger partial charge in [0.1, 0.15) is 0 Å². The van der Waals surface area contributed by atoms with Crippen molar-refractivity contribution in [3.63, 3.8) is 0 Å². The average molecular weight is 611 g/mol. The molecule has 4 atom stereocenters. The van der Waals surface area contributed by atoms with Crippen molar-refractivity contribution in [2.45, 2.75) is 180 Å². The Morgan fingerprint density at radius 2 is 0.791 bits per heavy atom. The molecule has 0 bridgehead atoms. The van der Waals surface area contributed by atoms with E-state index in [1.807, 2.05) is 0 Å². The van der Waals surface area contributed by atoms with Crippen LogP contribution >= 0.6 is 0 Å². The van der Waals surface area contributed by atoms with Crippen LogP contribution in [0.1, 0.15) is 167 Å². The average Bonchev–Trinajstić information content (AvgIpc) is 3.03. The maximum atomic E-state index is 12.1. The van der Waals surface area contributed by atoms with Crippen LogP contribution in [0.25, 0.3) is 0 Å². The van der Waals surface area contributed by atoms with E-state index in [1.54, 1.807) is 0 Å². The molecule has 0 aromatic rings. The maximum Gasteiger partial charge on any atom is 0.166 e. The Labute approximate surface area is 265 Å². The van der Waals surface area contributed by atoms with Crippen molar-refractivity contribution >= 4 is 0 Å². The Bertz CT molecular complexity index is 601. The van der Waals surface area contributed by atoms with Gasteiger partial charge in [-0.2, -0.15) is 0 Å². The van der Waals surface area contributed by atoms with Crippen molar-refractivity contribution in [1.29, 1.82) is 0 Å². The molecule has 2 saturated heterocycles. The van der Waals surface area contributed by atoms with Gasteiger partial charge in [0, 0.05) is 25.0 Å². The molecule has 0 saturated carbocycles. The molecule has 4 unspecified atom stereocenters. The van der Waals surface area contributed by atoms with E-state index >= 15 is 0 Å². The molecule has 0 aromatic heterocycles. The number of ether oxygens (including phenoxy) is 3. The fourth-order valence-electron chi connectivity index (χ4n) is 6.43. The predicted molar refractivity (Wildman–Crippen MR) is 178 cm³/mol. The van der Waals surface area contributed by atoms with Crippen LogP contribution in [0.15, 0.2) is 24.3 Å². The topological polar surface area (TPSA) is 27.7 Å². The first-order valence-corrected chi connectivity index (χ1v) is 18.7. The second kappa shape index (κ2) is 28.7. The Balaban J connectivity index is 1.55. The van der Waals surface area contributed by atoms with Gasteiger partial charge >= 0.3 is 0 Å². The van der Waals surface area contributed by atoms with Gasteiger partial charge in [0.25, 0.3) is 0 Å². The normalized spacial score (nSPS) is 23.1. The van der Waals surface area contributed by atoms with Gasteiger partial charge in [-0.1, -0.05) is 127 Å². The van der Waals surface area contributed by atoms with Crippen LogP contribution in [-0.4, -0.2) is 39.1 Å². The van der Waals surface area contributed by atoms with Gasteiger partial charge in [0.2, 0.25) is 0 Å². The lowest BCUT2D eigenvalue weighted by Gasteiger charge is -2.36. The lowest BCUT2D eigenvalue weighted by atomic mass is 9.97. The molecule has 0 amide bonds. The van der Waals surface area contributed by atoms with E-state index in [0.717, 1.165) is 77.4 Å². The van der Waals surface area contributed by atoms with E-state index < -0.39 is 0 Å². The number of allylic oxidation sites excluding steroid dienone is 2. The molecule has 0 radical (unpaired) electrons. The van der Waals surface area contributed by atoms with E-state index in [4.69, 9.17) is 14.2 Å². The van der Waals surface area contributed by atoms with Crippen LogP contribution < -0.4 is 0 Å². The van der Waals surface area contributed by atoms with Crippen LogP contribution in [0.4, 0.5) is 8.78 Å². The minimum Gasteiger partial charge on any atom is -0.352 e. The van der Waals surface area contributed by atoms with E-state index in [0.29, 0.717) is 11.8 Å². The number of rotatable bonds is 28. The number of hydrogen-bond acceptors (Lipinski definition) is 3. The van der Waals surface area contributed by atoms with E-state index in [1.165, 1.54) is 103 Å². The molecular weight excluding hydrogens is 542 g/mol. The van der Waals surface area contributed by atoms with E-state index in [2.05, 4.69) is 24.3 Å². The Hall–Kier alpha value is -0.780. The second-order valence-corrected chi connectivity index (χ2v) is 13.1. The summed E-state index contributed by atoms with van der Waals surface area (Å²) in [6, 6.07) is 0. The van der Waals surface area contributed by atoms with Gasteiger partial charge < -0.3 is 14.2 Å². The summed E-state index contributed by atoms with van der Waals surface area (Å²) in [6.07, 6.45) is 40.0. The van der Waals surface area contributed by atoms with Crippen LogP contribution in [0, 0.1) is 11.8 Å². The molecule has 0 spiro atoms. The van der Waals surface area contributed by atoms with Crippen molar-refractivity contribution in [1.82, 2.24) is 0 Å². The van der Waals surface area contributed by atoms with Crippen molar-refractivity contribution < 1.29 is 23.0 Å². The quantitative estimate of drug-likeness (QED) is 0.0651. The molecule has 5 heteroatoms. The highest BCUT2D eigenvalue weighted by Gasteiger charge is 2.32. The van der Waals surface area contributed by atoms with Gasteiger partial charge in [-0.3, -0.25) is 8.78 Å². The molecule has 3 nitrogen and oxygen atoms in total. The molecule has 0 aromatic carbocycles. The van der Waals surface area contributed by atoms with Crippen molar-refractivity contribution in [3.8, 4) is 0 Å². The zero-order valence-corrected chi connectivity index (χ0v) is 27.8. The SMILES string of the molecule is FCCCCCCCCCCCC/C=C\C1CCCOC1OC1OCCCC1/C=C\CCCCCCCCCCCCF. The molecule has 2 aliphatic heterocycles. The molecule has 2 fully saturated rings. The summed E-state index contributed by atoms with van der Waals surface area (Å²) in [4.78, 5) is 0. The summed E-state index contributed by atoms with van der Waals surface area (Å²) in [5.41, 5.74) is 0. The fraction of sp³-hybridized carbons (Fsp3) is 0.895. The first kappa shape index (κ1) is 38.4. The largest absolute Gasteiger partial charge is 0.352 e. The Morgan fingerprint density at radius 1 is 0.465 bits per heavy atom. The van der Waals surface area contributed by atoms with Gasteiger partial charge in [0.05, 0.1) is 13.3 Å². The Kier molecular flexibility index (Phi) is 25.6. The summed E-state index contributed by atoms with van der Waals surface area (Å²) in [5, 5.41) is 0. The minimum absolute atomic E-state index is 0.156. The third kappa shape index (κ3) is 20.8. The fourth-order valence-corrected chi connectivity index (χ4v) is 6.43. The molecule has 0 aliphatic carbocycles. The highest BCUT2D eigenvalue weighted by molar-refractivity contribution is 4.94. The number of hydrogen-bond donors (Lipinski definition) is 0. The van der Waals surface area contributed by atoms with Gasteiger partial charge in [-0.05, 0) is 64.2 Å². The molecule has 0 N–H and O–H groups in total. The highest BCUT2D eigenvalue weighted by Crippen LogP contribution is 2.30. The van der Waals surface area contributed by atoms with E-state index in [9.17, 15) is 8.78 Å². The van der Waals surface area contributed by atoms with Crippen LogP contribution in [0.2, 0.25) is 0 Å². The third-order valence-electron chi connectivity index (χ3n) is 9.17.